The molecule has 4 heteroatoms. The maximum absolute atomic E-state index is 12.5. The van der Waals surface area contributed by atoms with E-state index in [-0.39, 0.29) is 12.4 Å². The van der Waals surface area contributed by atoms with E-state index in [4.69, 9.17) is 4.74 Å². The number of benzene rings is 1. The molecule has 1 saturated carbocycles. The van der Waals surface area contributed by atoms with E-state index in [1.54, 1.807) is 6.07 Å². The normalized spacial score (nSPS) is 13.8. The van der Waals surface area contributed by atoms with Crippen LogP contribution in [0, 0.1) is 27.7 Å². The number of hydrogen-bond acceptors (Lipinski definition) is 3. The minimum atomic E-state index is -0.444. The van der Waals surface area contributed by atoms with Crippen LogP contribution in [0.15, 0.2) is 24.3 Å². The standard InChI is InChI=1S/C20H23NO3/c1-12-5-6-13(2)17(9-12)20(23)24-11-19(22)18-10-14(3)21(15(18)4)16-7-8-16/h5-6,9-10,16H,7-8,11H2,1-4H3. The maximum Gasteiger partial charge on any atom is 0.338 e. The predicted molar refractivity (Wildman–Crippen MR) is 92.7 cm³/mol. The Hall–Kier alpha value is -2.36. The molecule has 1 heterocycles. The first-order chi connectivity index (χ1) is 11.4. The van der Waals surface area contributed by atoms with Gasteiger partial charge in [-0.1, -0.05) is 17.7 Å². The Morgan fingerprint density at radius 2 is 1.79 bits per heavy atom. The average molecular weight is 325 g/mol. The summed E-state index contributed by atoms with van der Waals surface area (Å²) in [4.78, 5) is 24.7. The molecule has 0 N–H and O–H groups in total. The number of esters is 1. The van der Waals surface area contributed by atoms with Crippen LogP contribution in [0.25, 0.3) is 0 Å². The van der Waals surface area contributed by atoms with Crippen molar-refractivity contribution in [2.75, 3.05) is 6.61 Å². The smallest absolute Gasteiger partial charge is 0.338 e. The molecule has 4 nitrogen and oxygen atoms in total. The molecule has 0 radical (unpaired) electrons. The van der Waals surface area contributed by atoms with Crippen LogP contribution < -0.4 is 0 Å². The Bertz CT molecular complexity index is 813. The van der Waals surface area contributed by atoms with Gasteiger partial charge >= 0.3 is 5.97 Å². The molecule has 1 aromatic heterocycles. The van der Waals surface area contributed by atoms with Crippen LogP contribution in [0.4, 0.5) is 0 Å². The van der Waals surface area contributed by atoms with Crippen molar-refractivity contribution < 1.29 is 14.3 Å². The van der Waals surface area contributed by atoms with Crippen LogP contribution in [-0.2, 0) is 4.74 Å². The van der Waals surface area contributed by atoms with Crippen molar-refractivity contribution >= 4 is 11.8 Å². The van der Waals surface area contributed by atoms with E-state index in [1.165, 1.54) is 12.8 Å². The minimum absolute atomic E-state index is 0.145. The van der Waals surface area contributed by atoms with Crippen LogP contribution in [0.1, 0.15) is 62.1 Å². The van der Waals surface area contributed by atoms with Crippen LogP contribution in [0.3, 0.4) is 0 Å². The third-order valence-corrected chi connectivity index (χ3v) is 4.64. The van der Waals surface area contributed by atoms with Crippen molar-refractivity contribution in [3.63, 3.8) is 0 Å². The third kappa shape index (κ3) is 3.14. The van der Waals surface area contributed by atoms with E-state index in [0.717, 1.165) is 22.5 Å². The lowest BCUT2D eigenvalue weighted by Gasteiger charge is -2.09. The molecule has 2 aromatic rings. The number of nitrogens with zero attached hydrogens (tertiary/aromatic N) is 1. The summed E-state index contributed by atoms with van der Waals surface area (Å²) in [6, 6.07) is 8.06. The Morgan fingerprint density at radius 3 is 2.46 bits per heavy atom. The molecule has 0 saturated heterocycles. The predicted octanol–water partition coefficient (Wildman–Crippen LogP) is 4.10. The fraction of sp³-hybridized carbons (Fsp3) is 0.400. The Balaban J connectivity index is 1.71. The molecule has 1 aromatic carbocycles. The van der Waals surface area contributed by atoms with E-state index >= 15 is 0 Å². The van der Waals surface area contributed by atoms with Crippen LogP contribution in [0.5, 0.6) is 0 Å². The molecule has 0 amide bonds. The number of carbonyl (C=O) groups excluding carboxylic acids is 2. The second kappa shape index (κ2) is 6.27. The van der Waals surface area contributed by atoms with E-state index in [9.17, 15) is 9.59 Å². The molecule has 0 unspecified atom stereocenters. The summed E-state index contributed by atoms with van der Waals surface area (Å²) in [6.07, 6.45) is 2.34. The quantitative estimate of drug-likeness (QED) is 0.614. The molecule has 0 spiro atoms. The first-order valence-corrected chi connectivity index (χ1v) is 8.34. The van der Waals surface area contributed by atoms with Gasteiger partial charge in [-0.3, -0.25) is 4.79 Å². The lowest BCUT2D eigenvalue weighted by atomic mass is 10.1. The SMILES string of the molecule is Cc1ccc(C)c(C(=O)OCC(=O)c2cc(C)n(C3CC3)c2C)c1. The van der Waals surface area contributed by atoms with Gasteiger partial charge in [0.1, 0.15) is 0 Å². The summed E-state index contributed by atoms with van der Waals surface area (Å²) in [5.74, 6) is -0.589. The largest absolute Gasteiger partial charge is 0.454 e. The van der Waals surface area contributed by atoms with Crippen molar-refractivity contribution in [2.24, 2.45) is 0 Å². The van der Waals surface area contributed by atoms with Crippen LogP contribution >= 0.6 is 0 Å². The van der Waals surface area contributed by atoms with Crippen molar-refractivity contribution in [2.45, 2.75) is 46.6 Å². The number of aromatic nitrogens is 1. The van der Waals surface area contributed by atoms with Gasteiger partial charge in [0.05, 0.1) is 5.56 Å². The Kier molecular flexibility index (Phi) is 4.31. The Morgan fingerprint density at radius 1 is 1.08 bits per heavy atom. The van der Waals surface area contributed by atoms with Crippen molar-refractivity contribution in [1.29, 1.82) is 0 Å². The van der Waals surface area contributed by atoms with Gasteiger partial charge < -0.3 is 9.30 Å². The average Bonchev–Trinajstić information content (AvgIpc) is 3.32. The Labute approximate surface area is 142 Å². The van der Waals surface area contributed by atoms with E-state index in [2.05, 4.69) is 4.57 Å². The highest BCUT2D eigenvalue weighted by atomic mass is 16.5. The van der Waals surface area contributed by atoms with E-state index in [1.807, 2.05) is 45.9 Å². The second-order valence-electron chi connectivity index (χ2n) is 6.70. The number of carbonyl (C=O) groups is 2. The first kappa shape index (κ1) is 16.5. The fourth-order valence-corrected chi connectivity index (χ4v) is 3.20. The molecule has 126 valence electrons. The maximum atomic E-state index is 12.5. The fourth-order valence-electron chi connectivity index (χ4n) is 3.20. The van der Waals surface area contributed by atoms with Gasteiger partial charge in [-0.25, -0.2) is 4.79 Å². The number of hydrogen-bond donors (Lipinski definition) is 0. The summed E-state index contributed by atoms with van der Waals surface area (Å²) in [7, 11) is 0. The number of rotatable bonds is 5. The summed E-state index contributed by atoms with van der Waals surface area (Å²) >= 11 is 0. The second-order valence-corrected chi connectivity index (χ2v) is 6.70. The molecule has 3 rings (SSSR count). The zero-order valence-corrected chi connectivity index (χ0v) is 14.7. The monoisotopic (exact) mass is 325 g/mol. The summed E-state index contributed by atoms with van der Waals surface area (Å²) < 4.78 is 7.48. The molecular weight excluding hydrogens is 302 g/mol. The van der Waals surface area contributed by atoms with E-state index < -0.39 is 5.97 Å². The molecule has 0 aliphatic heterocycles. The lowest BCUT2D eigenvalue weighted by molar-refractivity contribution is 0.0473. The van der Waals surface area contributed by atoms with Gasteiger partial charge in [-0.15, -0.1) is 0 Å². The third-order valence-electron chi connectivity index (χ3n) is 4.64. The zero-order valence-electron chi connectivity index (χ0n) is 14.7. The highest BCUT2D eigenvalue weighted by Gasteiger charge is 2.28. The van der Waals surface area contributed by atoms with Crippen LogP contribution in [0.2, 0.25) is 0 Å². The number of ether oxygens (including phenoxy) is 1. The molecular formula is C20H23NO3. The zero-order chi connectivity index (χ0) is 17.4. The topological polar surface area (TPSA) is 48.3 Å². The summed E-state index contributed by atoms with van der Waals surface area (Å²) in [5, 5.41) is 0. The van der Waals surface area contributed by atoms with Gasteiger partial charge in [-0.2, -0.15) is 0 Å². The number of Topliss-reactive ketones (excluding diaryl/α,β-unsaturated/α-hetero) is 1. The number of aryl methyl sites for hydroxylation is 3. The van der Waals surface area contributed by atoms with Gasteiger partial charge in [-0.05, 0) is 58.2 Å². The highest BCUT2D eigenvalue weighted by Crippen LogP contribution is 2.38. The van der Waals surface area contributed by atoms with Gasteiger partial charge in [0.25, 0.3) is 0 Å². The van der Waals surface area contributed by atoms with Crippen molar-refractivity contribution in [3.8, 4) is 0 Å². The van der Waals surface area contributed by atoms with Gasteiger partial charge in [0.2, 0.25) is 5.78 Å². The molecule has 0 atom stereocenters. The highest BCUT2D eigenvalue weighted by molar-refractivity contribution is 6.00. The molecule has 24 heavy (non-hydrogen) atoms. The molecule has 0 bridgehead atoms. The van der Waals surface area contributed by atoms with E-state index in [0.29, 0.717) is 17.2 Å². The number of ketones is 1. The summed E-state index contributed by atoms with van der Waals surface area (Å²) in [5.41, 5.74) is 5.10. The molecule has 1 aliphatic rings. The summed E-state index contributed by atoms with van der Waals surface area (Å²) in [6.45, 7) is 7.55. The van der Waals surface area contributed by atoms with Crippen molar-refractivity contribution in [3.05, 3.63) is 57.9 Å². The van der Waals surface area contributed by atoms with Gasteiger partial charge in [0, 0.05) is 23.0 Å². The van der Waals surface area contributed by atoms with Crippen LogP contribution in [-0.4, -0.2) is 22.9 Å². The molecule has 1 aliphatic carbocycles. The van der Waals surface area contributed by atoms with Gasteiger partial charge in [0.15, 0.2) is 6.61 Å². The molecule has 1 fully saturated rings. The first-order valence-electron chi connectivity index (χ1n) is 8.34. The minimum Gasteiger partial charge on any atom is -0.454 e. The lowest BCUT2D eigenvalue weighted by Crippen LogP contribution is -2.16. The van der Waals surface area contributed by atoms with Crippen molar-refractivity contribution in [1.82, 2.24) is 4.57 Å².